The van der Waals surface area contributed by atoms with Gasteiger partial charge in [-0.1, -0.05) is 38.8 Å². The maximum absolute atomic E-state index is 13.6. The molecule has 1 unspecified atom stereocenters. The summed E-state index contributed by atoms with van der Waals surface area (Å²) in [6.07, 6.45) is 1.32. The van der Waals surface area contributed by atoms with Crippen molar-refractivity contribution in [1.29, 1.82) is 0 Å². The Morgan fingerprint density at radius 2 is 2.11 bits per heavy atom. The molecule has 3 nitrogen and oxygen atoms in total. The van der Waals surface area contributed by atoms with Crippen molar-refractivity contribution >= 4 is 41.9 Å². The van der Waals surface area contributed by atoms with Crippen LogP contribution in [0, 0.1) is 5.82 Å². The van der Waals surface area contributed by atoms with Gasteiger partial charge in [-0.2, -0.15) is 0 Å². The first-order chi connectivity index (χ1) is 8.40. The van der Waals surface area contributed by atoms with Crippen LogP contribution in [0.3, 0.4) is 0 Å². The minimum Gasteiger partial charge on any atom is -0.208 e. The number of alkyl halides is 1. The Morgan fingerprint density at radius 1 is 1.44 bits per heavy atom. The molecule has 0 aromatic heterocycles. The molecule has 1 aromatic carbocycles. The molecule has 7 heteroatoms. The van der Waals surface area contributed by atoms with Crippen LogP contribution in [0.1, 0.15) is 19.8 Å². The Kier molecular flexibility index (Phi) is 6.23. The molecular weight excluding hydrogens is 389 g/mol. The molecule has 1 atom stereocenters. The van der Waals surface area contributed by atoms with Crippen LogP contribution in [0.2, 0.25) is 0 Å². The topological polar surface area (TPSA) is 46.2 Å². The van der Waals surface area contributed by atoms with E-state index in [0.717, 1.165) is 6.07 Å². The van der Waals surface area contributed by atoms with Gasteiger partial charge in [-0.25, -0.2) is 17.5 Å². The number of benzene rings is 1. The van der Waals surface area contributed by atoms with Crippen molar-refractivity contribution < 1.29 is 12.8 Å². The Bertz CT molecular complexity index is 508. The van der Waals surface area contributed by atoms with E-state index in [1.807, 2.05) is 6.92 Å². The molecule has 0 bridgehead atoms. The second-order valence-electron chi connectivity index (χ2n) is 3.78. The highest BCUT2D eigenvalue weighted by molar-refractivity contribution is 9.10. The van der Waals surface area contributed by atoms with Gasteiger partial charge in [0.15, 0.2) is 0 Å². The number of halogens is 3. The molecule has 18 heavy (non-hydrogen) atoms. The van der Waals surface area contributed by atoms with Crippen LogP contribution in [0.5, 0.6) is 0 Å². The summed E-state index contributed by atoms with van der Waals surface area (Å²) < 4.78 is 40.7. The summed E-state index contributed by atoms with van der Waals surface area (Å²) in [5, 5.41) is 0.691. The highest BCUT2D eigenvalue weighted by Crippen LogP contribution is 2.20. The number of sulfonamides is 1. The largest absolute Gasteiger partial charge is 0.243 e. The number of nitrogens with one attached hydrogen (secondary N) is 1. The summed E-state index contributed by atoms with van der Waals surface area (Å²) in [5.41, 5.74) is 0. The predicted molar refractivity (Wildman–Crippen MR) is 76.9 cm³/mol. The molecule has 0 aliphatic carbocycles. The summed E-state index contributed by atoms with van der Waals surface area (Å²) in [6.45, 7) is 1.88. The van der Waals surface area contributed by atoms with E-state index in [1.54, 1.807) is 0 Å². The molecule has 0 radical (unpaired) electrons. The van der Waals surface area contributed by atoms with Crippen molar-refractivity contribution in [1.82, 2.24) is 4.72 Å². The first kappa shape index (κ1) is 16.1. The molecular formula is C11H14Br2FNO2S. The van der Waals surface area contributed by atoms with Crippen LogP contribution in [-0.2, 0) is 10.0 Å². The van der Waals surface area contributed by atoms with E-state index in [0.29, 0.717) is 22.6 Å². The molecule has 1 aromatic rings. The molecule has 0 fully saturated rings. The summed E-state index contributed by atoms with van der Waals surface area (Å²) in [7, 11) is -3.81. The van der Waals surface area contributed by atoms with Gasteiger partial charge in [0.25, 0.3) is 0 Å². The van der Waals surface area contributed by atoms with Gasteiger partial charge in [0, 0.05) is 15.8 Å². The van der Waals surface area contributed by atoms with Crippen molar-refractivity contribution in [2.24, 2.45) is 0 Å². The summed E-state index contributed by atoms with van der Waals surface area (Å²) in [5.74, 6) is -0.759. The van der Waals surface area contributed by atoms with Crippen molar-refractivity contribution in [3.05, 3.63) is 28.5 Å². The summed E-state index contributed by atoms with van der Waals surface area (Å²) in [4.78, 5) is -0.321. The second kappa shape index (κ2) is 6.98. The molecule has 1 rings (SSSR count). The van der Waals surface area contributed by atoms with Crippen LogP contribution >= 0.6 is 31.9 Å². The third-order valence-electron chi connectivity index (χ3n) is 2.46. The first-order valence-corrected chi connectivity index (χ1v) is 8.83. The lowest BCUT2D eigenvalue weighted by molar-refractivity contribution is 0.522. The predicted octanol–water partition coefficient (Wildman–Crippen LogP) is 3.43. The average molecular weight is 403 g/mol. The molecule has 0 amide bonds. The lowest BCUT2D eigenvalue weighted by Crippen LogP contribution is -2.35. The molecule has 0 spiro atoms. The maximum Gasteiger partial charge on any atom is 0.243 e. The molecule has 1 N–H and O–H groups in total. The minimum atomic E-state index is -3.81. The van der Waals surface area contributed by atoms with Gasteiger partial charge < -0.3 is 0 Å². The summed E-state index contributed by atoms with van der Waals surface area (Å²) in [6, 6.07) is 3.70. The van der Waals surface area contributed by atoms with E-state index in [1.165, 1.54) is 12.1 Å². The average Bonchev–Trinajstić information content (AvgIpc) is 2.27. The van der Waals surface area contributed by atoms with Crippen molar-refractivity contribution in [3.63, 3.8) is 0 Å². The zero-order chi connectivity index (χ0) is 13.8. The second-order valence-corrected chi connectivity index (χ2v) is 7.17. The Morgan fingerprint density at radius 3 is 2.61 bits per heavy atom. The van der Waals surface area contributed by atoms with E-state index < -0.39 is 15.8 Å². The molecule has 0 aliphatic heterocycles. The standard InChI is InChI=1S/C11H14Br2FNO2S/c1-2-9(5-6-12)15-18(16,17)11-4-3-8(13)7-10(11)14/h3-4,7,9,15H,2,5-6H2,1H3. The minimum absolute atomic E-state index is 0.197. The third kappa shape index (κ3) is 4.29. The lowest BCUT2D eigenvalue weighted by atomic mass is 10.2. The normalized spacial score (nSPS) is 13.6. The van der Waals surface area contributed by atoms with Gasteiger partial charge in [-0.3, -0.25) is 0 Å². The van der Waals surface area contributed by atoms with E-state index in [9.17, 15) is 12.8 Å². The van der Waals surface area contributed by atoms with Gasteiger partial charge in [0.05, 0.1) is 0 Å². The monoisotopic (exact) mass is 401 g/mol. The van der Waals surface area contributed by atoms with Crippen molar-refractivity contribution in [2.75, 3.05) is 5.33 Å². The van der Waals surface area contributed by atoms with Crippen LogP contribution in [0.15, 0.2) is 27.6 Å². The van der Waals surface area contributed by atoms with Crippen LogP contribution < -0.4 is 4.72 Å². The SMILES string of the molecule is CCC(CCBr)NS(=O)(=O)c1ccc(Br)cc1F. The zero-order valence-corrected chi connectivity index (χ0v) is 13.8. The van der Waals surface area contributed by atoms with Gasteiger partial charge in [0.1, 0.15) is 10.7 Å². The van der Waals surface area contributed by atoms with Crippen molar-refractivity contribution in [2.45, 2.75) is 30.7 Å². The first-order valence-electron chi connectivity index (χ1n) is 5.44. The fraction of sp³-hybridized carbons (Fsp3) is 0.455. The highest BCUT2D eigenvalue weighted by Gasteiger charge is 2.22. The Labute approximate surface area is 123 Å². The summed E-state index contributed by atoms with van der Waals surface area (Å²) >= 11 is 6.35. The quantitative estimate of drug-likeness (QED) is 0.741. The van der Waals surface area contributed by atoms with Crippen molar-refractivity contribution in [3.8, 4) is 0 Å². The fourth-order valence-electron chi connectivity index (χ4n) is 1.45. The smallest absolute Gasteiger partial charge is 0.208 e. The maximum atomic E-state index is 13.6. The van der Waals surface area contributed by atoms with E-state index >= 15 is 0 Å². The van der Waals surface area contributed by atoms with E-state index in [4.69, 9.17) is 0 Å². The molecule has 0 saturated heterocycles. The van der Waals surface area contributed by atoms with Gasteiger partial charge in [0.2, 0.25) is 10.0 Å². The number of rotatable bonds is 6. The third-order valence-corrected chi connectivity index (χ3v) is 4.96. The van der Waals surface area contributed by atoms with Gasteiger partial charge >= 0.3 is 0 Å². The van der Waals surface area contributed by atoms with Crippen LogP contribution in [0.4, 0.5) is 4.39 Å². The highest BCUT2D eigenvalue weighted by atomic mass is 79.9. The molecule has 0 saturated carbocycles. The lowest BCUT2D eigenvalue weighted by Gasteiger charge is -2.16. The number of hydrogen-bond donors (Lipinski definition) is 1. The van der Waals surface area contributed by atoms with Crippen LogP contribution in [-0.4, -0.2) is 19.8 Å². The van der Waals surface area contributed by atoms with Crippen LogP contribution in [0.25, 0.3) is 0 Å². The van der Waals surface area contributed by atoms with E-state index in [-0.39, 0.29) is 10.9 Å². The van der Waals surface area contributed by atoms with Gasteiger partial charge in [-0.15, -0.1) is 0 Å². The fourth-order valence-corrected chi connectivity index (χ4v) is 3.75. The number of hydrogen-bond acceptors (Lipinski definition) is 2. The Balaban J connectivity index is 2.99. The molecule has 102 valence electrons. The van der Waals surface area contributed by atoms with E-state index in [2.05, 4.69) is 36.6 Å². The Hall–Kier alpha value is 0.0200. The molecule has 0 aliphatic rings. The molecule has 0 heterocycles. The van der Waals surface area contributed by atoms with Gasteiger partial charge in [-0.05, 0) is 31.0 Å². The zero-order valence-electron chi connectivity index (χ0n) is 9.79.